The highest BCUT2D eigenvalue weighted by Gasteiger charge is 2.32. The largest absolute Gasteiger partial charge is 0.308 e. The Morgan fingerprint density at radius 2 is 1.81 bits per heavy atom. The molecule has 1 atom stereocenters. The van der Waals surface area contributed by atoms with Crippen LogP contribution in [0.2, 0.25) is 0 Å². The van der Waals surface area contributed by atoms with Crippen molar-refractivity contribution in [1.29, 1.82) is 0 Å². The lowest BCUT2D eigenvalue weighted by atomic mass is 9.99. The van der Waals surface area contributed by atoms with E-state index in [-0.39, 0.29) is 28.4 Å². The van der Waals surface area contributed by atoms with Crippen molar-refractivity contribution in [2.75, 3.05) is 13.1 Å². The quantitative estimate of drug-likeness (QED) is 0.383. The minimum Gasteiger partial charge on any atom is -0.308 e. The molecule has 0 spiro atoms. The van der Waals surface area contributed by atoms with E-state index in [9.17, 15) is 13.2 Å². The molecule has 0 unspecified atom stereocenters. The number of hydrogen-bond donors (Lipinski definition) is 1. The number of hydrogen-bond acceptors (Lipinski definition) is 6. The van der Waals surface area contributed by atoms with Gasteiger partial charge in [0.1, 0.15) is 5.82 Å². The van der Waals surface area contributed by atoms with Gasteiger partial charge in [0.25, 0.3) is 5.56 Å². The van der Waals surface area contributed by atoms with Crippen molar-refractivity contribution in [2.45, 2.75) is 37.1 Å². The summed E-state index contributed by atoms with van der Waals surface area (Å²) in [7, 11) is -3.64. The number of H-pyrrole nitrogens is 1. The third-order valence-electron chi connectivity index (χ3n) is 6.97. The summed E-state index contributed by atoms with van der Waals surface area (Å²) in [5, 5.41) is 10.5. The van der Waals surface area contributed by atoms with Crippen LogP contribution < -0.4 is 5.56 Å². The summed E-state index contributed by atoms with van der Waals surface area (Å²) in [6.07, 6.45) is 1.40. The fourth-order valence-electron chi connectivity index (χ4n) is 4.94. The Morgan fingerprint density at radius 3 is 2.62 bits per heavy atom. The van der Waals surface area contributed by atoms with Gasteiger partial charge in [0, 0.05) is 19.0 Å². The van der Waals surface area contributed by atoms with Crippen molar-refractivity contribution in [1.82, 2.24) is 29.3 Å². The van der Waals surface area contributed by atoms with Crippen LogP contribution >= 0.6 is 0 Å². The van der Waals surface area contributed by atoms with E-state index in [4.69, 9.17) is 4.98 Å². The maximum absolute atomic E-state index is 13.3. The van der Waals surface area contributed by atoms with Gasteiger partial charge >= 0.3 is 0 Å². The summed E-state index contributed by atoms with van der Waals surface area (Å²) in [6.45, 7) is 3.01. The van der Waals surface area contributed by atoms with E-state index in [0.717, 1.165) is 28.3 Å². The van der Waals surface area contributed by atoms with E-state index in [1.165, 1.54) is 4.31 Å². The van der Waals surface area contributed by atoms with Crippen LogP contribution in [0.4, 0.5) is 0 Å². The highest BCUT2D eigenvalue weighted by molar-refractivity contribution is 7.89. The number of nitrogens with one attached hydrogen (secondary N) is 1. The maximum Gasteiger partial charge on any atom is 0.281 e. The molecule has 5 aromatic rings. The van der Waals surface area contributed by atoms with Gasteiger partial charge in [0.2, 0.25) is 10.0 Å². The second-order valence-corrected chi connectivity index (χ2v) is 11.5. The predicted octanol–water partition coefficient (Wildman–Crippen LogP) is 3.59. The molecule has 1 fully saturated rings. The van der Waals surface area contributed by atoms with Crippen LogP contribution in [0.1, 0.15) is 35.7 Å². The SMILES string of the molecule is Cc1ccc(S(=O)(=O)N2CCC[C@@H](c3nc4c(nnn4Cc4ccc5ccccc5c4)c(=O)[nH]3)C2)cc1. The number of benzene rings is 3. The zero-order valence-electron chi connectivity index (χ0n) is 20.3. The monoisotopic (exact) mass is 514 g/mol. The molecule has 3 aromatic carbocycles. The summed E-state index contributed by atoms with van der Waals surface area (Å²) in [5.74, 6) is 0.221. The third kappa shape index (κ3) is 4.42. The molecule has 0 radical (unpaired) electrons. The molecule has 1 aliphatic rings. The predicted molar refractivity (Wildman–Crippen MR) is 141 cm³/mol. The van der Waals surface area contributed by atoms with E-state index in [0.29, 0.717) is 31.0 Å². The highest BCUT2D eigenvalue weighted by atomic mass is 32.2. The molecule has 1 aliphatic heterocycles. The Labute approximate surface area is 213 Å². The first kappa shape index (κ1) is 23.5. The van der Waals surface area contributed by atoms with Crippen LogP contribution in [0, 0.1) is 6.92 Å². The number of piperidine rings is 1. The summed E-state index contributed by atoms with van der Waals surface area (Å²) >= 11 is 0. The van der Waals surface area contributed by atoms with Gasteiger partial charge in [-0.15, -0.1) is 5.10 Å². The molecule has 37 heavy (non-hydrogen) atoms. The number of rotatable bonds is 5. The molecule has 1 saturated heterocycles. The lowest BCUT2D eigenvalue weighted by molar-refractivity contribution is 0.309. The van der Waals surface area contributed by atoms with E-state index >= 15 is 0 Å². The molecule has 3 heterocycles. The molecule has 9 nitrogen and oxygen atoms in total. The second-order valence-electron chi connectivity index (χ2n) is 9.57. The summed E-state index contributed by atoms with van der Waals surface area (Å²) < 4.78 is 29.7. The van der Waals surface area contributed by atoms with Gasteiger partial charge < -0.3 is 4.98 Å². The van der Waals surface area contributed by atoms with Crippen LogP contribution in [0.25, 0.3) is 21.9 Å². The maximum atomic E-state index is 13.3. The van der Waals surface area contributed by atoms with Crippen LogP contribution in [0.3, 0.4) is 0 Å². The summed E-state index contributed by atoms with van der Waals surface area (Å²) in [5.41, 5.74) is 2.21. The minimum absolute atomic E-state index is 0.171. The molecular weight excluding hydrogens is 488 g/mol. The van der Waals surface area contributed by atoms with Crippen molar-refractivity contribution in [3.63, 3.8) is 0 Å². The van der Waals surface area contributed by atoms with Crippen LogP contribution in [0.15, 0.2) is 76.4 Å². The zero-order chi connectivity index (χ0) is 25.6. The first-order valence-corrected chi connectivity index (χ1v) is 13.7. The van der Waals surface area contributed by atoms with Crippen LogP contribution in [-0.2, 0) is 16.6 Å². The zero-order valence-corrected chi connectivity index (χ0v) is 21.1. The van der Waals surface area contributed by atoms with Crippen LogP contribution in [-0.4, -0.2) is 50.8 Å². The van der Waals surface area contributed by atoms with Crippen molar-refractivity contribution >= 4 is 32.0 Å². The van der Waals surface area contributed by atoms with Gasteiger partial charge in [0.15, 0.2) is 11.2 Å². The summed E-state index contributed by atoms with van der Waals surface area (Å²) in [4.78, 5) is 20.7. The second kappa shape index (κ2) is 9.20. The molecule has 0 saturated carbocycles. The van der Waals surface area contributed by atoms with Gasteiger partial charge in [-0.2, -0.15) is 4.31 Å². The molecule has 188 valence electrons. The highest BCUT2D eigenvalue weighted by Crippen LogP contribution is 2.29. The normalized spacial score (nSPS) is 16.9. The average molecular weight is 515 g/mol. The fourth-order valence-corrected chi connectivity index (χ4v) is 6.46. The Bertz CT molecular complexity index is 1780. The van der Waals surface area contributed by atoms with Gasteiger partial charge in [0.05, 0.1) is 11.4 Å². The van der Waals surface area contributed by atoms with Gasteiger partial charge in [-0.3, -0.25) is 4.79 Å². The molecule has 6 rings (SSSR count). The summed E-state index contributed by atoms with van der Waals surface area (Å²) in [6, 6.07) is 21.2. The number of sulfonamides is 1. The number of aromatic nitrogens is 5. The number of aryl methyl sites for hydroxylation is 1. The van der Waals surface area contributed by atoms with Crippen molar-refractivity contribution in [3.8, 4) is 0 Å². The van der Waals surface area contributed by atoms with Gasteiger partial charge in [-0.1, -0.05) is 59.3 Å². The first-order chi connectivity index (χ1) is 17.9. The number of nitrogens with zero attached hydrogens (tertiary/aromatic N) is 5. The topological polar surface area (TPSA) is 114 Å². The van der Waals surface area contributed by atoms with E-state index in [2.05, 4.69) is 39.6 Å². The average Bonchev–Trinajstić information content (AvgIpc) is 3.32. The standard InChI is InChI=1S/C27H26N6O3S/c1-18-8-12-23(13-9-18)37(35,36)32-14-4-7-22(17-32)25-28-26-24(27(34)29-25)30-31-33(26)16-19-10-11-20-5-2-3-6-21(20)15-19/h2-3,5-6,8-13,15,22H,4,7,14,16-17H2,1H3,(H,28,29,34)/t22-/m1/s1. The Hall–Kier alpha value is -3.89. The Balaban J connectivity index is 1.30. The van der Waals surface area contributed by atoms with E-state index in [1.54, 1.807) is 28.9 Å². The van der Waals surface area contributed by atoms with Crippen LogP contribution in [0.5, 0.6) is 0 Å². The molecular formula is C27H26N6O3S. The molecule has 2 aromatic heterocycles. The molecule has 0 bridgehead atoms. The molecule has 0 aliphatic carbocycles. The Kier molecular flexibility index (Phi) is 5.85. The minimum atomic E-state index is -3.64. The fraction of sp³-hybridized carbons (Fsp3) is 0.259. The van der Waals surface area contributed by atoms with Gasteiger partial charge in [-0.05, 0) is 54.3 Å². The lowest BCUT2D eigenvalue weighted by Crippen LogP contribution is -2.39. The third-order valence-corrected chi connectivity index (χ3v) is 8.85. The van der Waals surface area contributed by atoms with Gasteiger partial charge in [-0.25, -0.2) is 18.1 Å². The van der Waals surface area contributed by atoms with Crippen molar-refractivity contribution in [2.24, 2.45) is 0 Å². The smallest absolute Gasteiger partial charge is 0.281 e. The van der Waals surface area contributed by atoms with E-state index < -0.39 is 10.0 Å². The number of aromatic amines is 1. The first-order valence-electron chi connectivity index (χ1n) is 12.3. The number of fused-ring (bicyclic) bond motifs is 2. The molecule has 0 amide bonds. The van der Waals surface area contributed by atoms with E-state index in [1.807, 2.05) is 25.1 Å². The van der Waals surface area contributed by atoms with Crippen molar-refractivity contribution < 1.29 is 8.42 Å². The lowest BCUT2D eigenvalue weighted by Gasteiger charge is -2.31. The Morgan fingerprint density at radius 1 is 1.03 bits per heavy atom. The molecule has 1 N–H and O–H groups in total. The molecule has 10 heteroatoms. The van der Waals surface area contributed by atoms with Crippen molar-refractivity contribution in [3.05, 3.63) is 94.0 Å².